The lowest BCUT2D eigenvalue weighted by Gasteiger charge is -2.34. The molecule has 0 aromatic carbocycles. The number of thiophene rings is 1. The fourth-order valence-corrected chi connectivity index (χ4v) is 3.68. The summed E-state index contributed by atoms with van der Waals surface area (Å²) in [6.07, 6.45) is 4.31. The molecule has 6 heteroatoms. The zero-order valence-electron chi connectivity index (χ0n) is 13.2. The maximum absolute atomic E-state index is 12.7. The van der Waals surface area contributed by atoms with Crippen LogP contribution in [0.15, 0.2) is 48.1 Å². The van der Waals surface area contributed by atoms with Crippen LogP contribution < -0.4 is 0 Å². The second-order valence-corrected chi connectivity index (χ2v) is 6.66. The minimum atomic E-state index is -0.0267. The van der Waals surface area contributed by atoms with Crippen molar-refractivity contribution in [2.45, 2.75) is 19.4 Å². The fraction of sp³-hybridized carbons (Fsp3) is 0.222. The Kier molecular flexibility index (Phi) is 3.82. The number of fused-ring (bicyclic) bond motifs is 1. The van der Waals surface area contributed by atoms with Crippen LogP contribution in [0.4, 0.5) is 0 Å². The molecule has 0 saturated heterocycles. The average Bonchev–Trinajstić information content (AvgIpc) is 3.17. The summed E-state index contributed by atoms with van der Waals surface area (Å²) in [7, 11) is 0. The third kappa shape index (κ3) is 2.59. The maximum Gasteiger partial charge on any atom is 0.264 e. The van der Waals surface area contributed by atoms with Crippen LogP contribution >= 0.6 is 11.3 Å². The number of carbonyl (C=O) groups excluding carboxylic acids is 1. The predicted molar refractivity (Wildman–Crippen MR) is 92.7 cm³/mol. The van der Waals surface area contributed by atoms with Crippen molar-refractivity contribution in [3.8, 4) is 11.5 Å². The van der Waals surface area contributed by atoms with Crippen LogP contribution in [0.1, 0.15) is 33.9 Å². The SMILES string of the molecule is CC1c2cnc(-c3ccccn3)nc2CCN1C(=O)c1cccs1. The van der Waals surface area contributed by atoms with Gasteiger partial charge in [0.25, 0.3) is 5.91 Å². The zero-order valence-corrected chi connectivity index (χ0v) is 14.0. The summed E-state index contributed by atoms with van der Waals surface area (Å²) >= 11 is 1.48. The van der Waals surface area contributed by atoms with E-state index in [9.17, 15) is 4.79 Å². The molecule has 0 radical (unpaired) electrons. The molecule has 24 heavy (non-hydrogen) atoms. The molecule has 0 fully saturated rings. The molecule has 0 N–H and O–H groups in total. The number of rotatable bonds is 2. The molecule has 3 aromatic heterocycles. The molecule has 5 nitrogen and oxygen atoms in total. The van der Waals surface area contributed by atoms with E-state index in [1.165, 1.54) is 11.3 Å². The van der Waals surface area contributed by atoms with Gasteiger partial charge in [0.15, 0.2) is 5.82 Å². The number of hydrogen-bond donors (Lipinski definition) is 0. The van der Waals surface area contributed by atoms with Crippen LogP contribution in [-0.4, -0.2) is 32.3 Å². The Morgan fingerprint density at radius 3 is 2.92 bits per heavy atom. The van der Waals surface area contributed by atoms with Crippen molar-refractivity contribution in [3.05, 3.63) is 64.2 Å². The van der Waals surface area contributed by atoms with Gasteiger partial charge in [-0.25, -0.2) is 9.97 Å². The van der Waals surface area contributed by atoms with Crippen LogP contribution in [0.3, 0.4) is 0 Å². The molecular weight excluding hydrogens is 320 g/mol. The van der Waals surface area contributed by atoms with Crippen molar-refractivity contribution in [1.82, 2.24) is 19.9 Å². The molecule has 4 heterocycles. The van der Waals surface area contributed by atoms with Crippen molar-refractivity contribution < 1.29 is 4.79 Å². The highest BCUT2D eigenvalue weighted by molar-refractivity contribution is 7.12. The Balaban J connectivity index is 1.64. The maximum atomic E-state index is 12.7. The van der Waals surface area contributed by atoms with Gasteiger partial charge in [-0.15, -0.1) is 11.3 Å². The summed E-state index contributed by atoms with van der Waals surface area (Å²) in [4.78, 5) is 28.8. The van der Waals surface area contributed by atoms with Crippen LogP contribution in [0.5, 0.6) is 0 Å². The van der Waals surface area contributed by atoms with Crippen molar-refractivity contribution in [2.24, 2.45) is 0 Å². The van der Waals surface area contributed by atoms with E-state index in [0.29, 0.717) is 12.4 Å². The topological polar surface area (TPSA) is 59.0 Å². The lowest BCUT2D eigenvalue weighted by atomic mass is 9.99. The molecule has 0 bridgehead atoms. The van der Waals surface area contributed by atoms with Crippen LogP contribution in [0.25, 0.3) is 11.5 Å². The third-order valence-electron chi connectivity index (χ3n) is 4.29. The van der Waals surface area contributed by atoms with Gasteiger partial charge in [0.05, 0.1) is 16.6 Å². The van der Waals surface area contributed by atoms with E-state index in [4.69, 9.17) is 0 Å². The lowest BCUT2D eigenvalue weighted by Crippen LogP contribution is -2.39. The summed E-state index contributed by atoms with van der Waals surface area (Å²) in [5.41, 5.74) is 2.80. The highest BCUT2D eigenvalue weighted by Crippen LogP contribution is 2.30. The Hall–Kier alpha value is -2.60. The summed E-state index contributed by atoms with van der Waals surface area (Å²) in [5, 5.41) is 1.93. The average molecular weight is 336 g/mol. The Labute approximate surface area is 144 Å². The monoisotopic (exact) mass is 336 g/mol. The number of pyridine rings is 1. The predicted octanol–water partition coefficient (Wildman–Crippen LogP) is 3.36. The largest absolute Gasteiger partial charge is 0.331 e. The summed E-state index contributed by atoms with van der Waals surface area (Å²) in [6.45, 7) is 2.71. The van der Waals surface area contributed by atoms with Gasteiger partial charge < -0.3 is 4.90 Å². The van der Waals surface area contributed by atoms with Crippen molar-refractivity contribution >= 4 is 17.2 Å². The molecule has 4 rings (SSSR count). The number of amides is 1. The molecule has 1 unspecified atom stereocenters. The number of nitrogens with zero attached hydrogens (tertiary/aromatic N) is 4. The van der Waals surface area contributed by atoms with Gasteiger partial charge in [-0.1, -0.05) is 12.1 Å². The van der Waals surface area contributed by atoms with Gasteiger partial charge in [-0.05, 0) is 30.5 Å². The molecule has 0 spiro atoms. The number of hydrogen-bond acceptors (Lipinski definition) is 5. The van der Waals surface area contributed by atoms with Crippen LogP contribution in [0, 0.1) is 0 Å². The summed E-state index contributed by atoms with van der Waals surface area (Å²) in [6, 6.07) is 9.45. The molecule has 0 aliphatic carbocycles. The smallest absolute Gasteiger partial charge is 0.264 e. The molecule has 1 atom stereocenters. The normalized spacial score (nSPS) is 16.7. The van der Waals surface area contributed by atoms with Crippen molar-refractivity contribution in [1.29, 1.82) is 0 Å². The van der Waals surface area contributed by atoms with Gasteiger partial charge in [0.1, 0.15) is 5.69 Å². The van der Waals surface area contributed by atoms with Gasteiger partial charge in [0, 0.05) is 30.9 Å². The first kappa shape index (κ1) is 15.0. The van der Waals surface area contributed by atoms with E-state index in [2.05, 4.69) is 15.0 Å². The van der Waals surface area contributed by atoms with Gasteiger partial charge >= 0.3 is 0 Å². The third-order valence-corrected chi connectivity index (χ3v) is 5.15. The minimum Gasteiger partial charge on any atom is -0.331 e. The van der Waals surface area contributed by atoms with Gasteiger partial charge in [-0.2, -0.15) is 0 Å². The van der Waals surface area contributed by atoms with Crippen LogP contribution in [-0.2, 0) is 6.42 Å². The van der Waals surface area contributed by atoms with E-state index >= 15 is 0 Å². The molecule has 1 aliphatic rings. The highest BCUT2D eigenvalue weighted by Gasteiger charge is 2.30. The first-order chi connectivity index (χ1) is 11.7. The lowest BCUT2D eigenvalue weighted by molar-refractivity contribution is 0.0680. The standard InChI is InChI=1S/C18H16N4OS/c1-12-13-11-20-17(15-5-2-3-8-19-15)21-14(13)7-9-22(12)18(23)16-6-4-10-24-16/h2-6,8,10-12H,7,9H2,1H3. The Morgan fingerprint density at radius 2 is 2.17 bits per heavy atom. The van der Waals surface area contributed by atoms with E-state index in [1.54, 1.807) is 6.20 Å². The summed E-state index contributed by atoms with van der Waals surface area (Å²) < 4.78 is 0. The first-order valence-electron chi connectivity index (χ1n) is 7.86. The molecule has 120 valence electrons. The highest BCUT2D eigenvalue weighted by atomic mass is 32.1. The molecule has 3 aromatic rings. The van der Waals surface area contributed by atoms with Crippen molar-refractivity contribution in [3.63, 3.8) is 0 Å². The van der Waals surface area contributed by atoms with Gasteiger partial charge in [0.2, 0.25) is 0 Å². The van der Waals surface area contributed by atoms with E-state index in [1.807, 2.05) is 53.7 Å². The quantitative estimate of drug-likeness (QED) is 0.720. The fourth-order valence-electron chi connectivity index (χ4n) is 3.00. The number of carbonyl (C=O) groups is 1. The van der Waals surface area contributed by atoms with Crippen molar-refractivity contribution in [2.75, 3.05) is 6.54 Å². The first-order valence-corrected chi connectivity index (χ1v) is 8.73. The summed E-state index contributed by atoms with van der Waals surface area (Å²) in [5.74, 6) is 0.719. The van der Waals surface area contributed by atoms with E-state index < -0.39 is 0 Å². The Morgan fingerprint density at radius 1 is 1.25 bits per heavy atom. The van der Waals surface area contributed by atoms with E-state index in [0.717, 1.165) is 28.2 Å². The van der Waals surface area contributed by atoms with E-state index in [-0.39, 0.29) is 11.9 Å². The van der Waals surface area contributed by atoms with Crippen LogP contribution in [0.2, 0.25) is 0 Å². The minimum absolute atomic E-state index is 0.0267. The molecule has 1 amide bonds. The second-order valence-electron chi connectivity index (χ2n) is 5.71. The Bertz CT molecular complexity index is 864. The second kappa shape index (κ2) is 6.13. The van der Waals surface area contributed by atoms with Gasteiger partial charge in [-0.3, -0.25) is 9.78 Å². The molecule has 0 saturated carbocycles. The number of aromatic nitrogens is 3. The molecule has 1 aliphatic heterocycles. The zero-order chi connectivity index (χ0) is 16.5. The molecular formula is C18H16N4OS.